The lowest BCUT2D eigenvalue weighted by Gasteiger charge is -2.24. The van der Waals surface area contributed by atoms with Crippen molar-refractivity contribution in [3.05, 3.63) is 106 Å². The van der Waals surface area contributed by atoms with Crippen LogP contribution in [0.25, 0.3) is 0 Å². The fourth-order valence-corrected chi connectivity index (χ4v) is 17.1. The molecule has 3 aliphatic rings. The van der Waals surface area contributed by atoms with Crippen LogP contribution in [0.4, 0.5) is 17.1 Å². The second kappa shape index (κ2) is 51.5. The molecule has 0 bridgehead atoms. The number of nitrogens with zero attached hydrogens (tertiary/aromatic N) is 6. The average Bonchev–Trinajstić information content (AvgIpc) is 0.786. The molecule has 27 heteroatoms. The number of carbonyl (C=O) groups excluding carboxylic acids is 6. The van der Waals surface area contributed by atoms with Gasteiger partial charge in [0, 0.05) is 36.4 Å². The average molecular weight is 1630 g/mol. The Kier molecular flexibility index (Phi) is 44.2. The topological polar surface area (TPSA) is 385 Å². The molecule has 0 aliphatic heterocycles. The van der Waals surface area contributed by atoms with Crippen molar-refractivity contribution in [1.29, 1.82) is 15.8 Å². The zero-order valence-corrected chi connectivity index (χ0v) is 72.0. The van der Waals surface area contributed by atoms with Crippen molar-refractivity contribution in [2.75, 3.05) is 35.9 Å². The molecule has 0 amide bonds. The fourth-order valence-electron chi connectivity index (χ4n) is 13.5. The Balaban J connectivity index is 0.000000360. The van der Waals surface area contributed by atoms with E-state index in [9.17, 15) is 69.8 Å². The molecular weight excluding hydrogens is 1500 g/mol. The number of nitriles is 3. The van der Waals surface area contributed by atoms with E-state index in [0.29, 0.717) is 124 Å². The first-order chi connectivity index (χ1) is 54.7. The number of hydrogen-bond donors (Lipinski definition) is 6. The fraction of sp³-hybridized carbons (Fsp3) is 0.586. The Bertz CT molecular complexity index is 4410. The van der Waals surface area contributed by atoms with Gasteiger partial charge >= 0.3 is 0 Å². The van der Waals surface area contributed by atoms with Crippen molar-refractivity contribution in [3.63, 3.8) is 0 Å². The normalized spacial score (nSPS) is 18.1. The minimum absolute atomic E-state index is 0.00813. The van der Waals surface area contributed by atoms with Crippen LogP contribution in [-0.2, 0) is 58.8 Å². The van der Waals surface area contributed by atoms with Crippen molar-refractivity contribution in [3.8, 4) is 18.2 Å². The van der Waals surface area contributed by atoms with Crippen LogP contribution >= 0.6 is 0 Å². The first-order valence-corrected chi connectivity index (χ1v) is 46.1. The van der Waals surface area contributed by atoms with Crippen LogP contribution in [0.5, 0.6) is 0 Å². The third-order valence-corrected chi connectivity index (χ3v) is 25.3. The van der Waals surface area contributed by atoms with Crippen molar-refractivity contribution in [2.45, 2.75) is 290 Å². The Morgan fingerprint density at radius 3 is 1.04 bits per heavy atom. The number of rotatable bonds is 48. The van der Waals surface area contributed by atoms with E-state index < -0.39 is 71.0 Å². The molecule has 0 fully saturated rings. The molecule has 3 aliphatic carbocycles. The van der Waals surface area contributed by atoms with E-state index in [0.717, 1.165) is 122 Å². The highest BCUT2D eigenvalue weighted by molar-refractivity contribution is 7.90. The highest BCUT2D eigenvalue weighted by atomic mass is 32.2. The van der Waals surface area contributed by atoms with Crippen molar-refractivity contribution >= 4 is 99.0 Å². The van der Waals surface area contributed by atoms with Crippen LogP contribution < -0.4 is 30.4 Å². The third kappa shape index (κ3) is 29.0. The molecule has 0 radical (unpaired) electrons. The molecule has 6 unspecified atom stereocenters. The van der Waals surface area contributed by atoms with Gasteiger partial charge in [-0.1, -0.05) is 217 Å². The Labute approximate surface area is 680 Å². The molecule has 114 heavy (non-hydrogen) atoms. The highest BCUT2D eigenvalue weighted by Gasteiger charge is 2.43. The Morgan fingerprint density at radius 2 is 0.693 bits per heavy atom. The summed E-state index contributed by atoms with van der Waals surface area (Å²) in [5.41, 5.74) is 10.9. The van der Waals surface area contributed by atoms with Gasteiger partial charge in [-0.2, -0.15) is 31.1 Å². The van der Waals surface area contributed by atoms with E-state index in [-0.39, 0.29) is 77.6 Å². The summed E-state index contributed by atoms with van der Waals surface area (Å²) >= 11 is 0. The number of hydrazone groups is 3. The van der Waals surface area contributed by atoms with E-state index in [1.54, 1.807) is 42.5 Å². The van der Waals surface area contributed by atoms with E-state index in [2.05, 4.69) is 87.3 Å². The third-order valence-electron chi connectivity index (χ3n) is 21.0. The molecular formula is C87H126N12O12S3. The molecule has 0 aromatic heterocycles. The van der Waals surface area contributed by atoms with Crippen LogP contribution in [0, 0.1) is 69.5 Å². The minimum atomic E-state index is -3.85. The maximum absolute atomic E-state index is 13.4. The smallest absolute Gasteiger partial charge is 0.242 e. The first kappa shape index (κ1) is 97.9. The first-order valence-electron chi connectivity index (χ1n) is 41.7. The quantitative estimate of drug-likeness (QED) is 0.0226. The number of ketones is 6. The second-order valence-electron chi connectivity index (χ2n) is 29.5. The SMILES string of the molecule is CCCCC1=C(C#N)C(=O)C(CCCC)C(=O)C1=NNc1ccc(S(=O)(=O)NCC(CC)CCCC)cc1.CCCCC1=C(C#N)C(=O)C(CCCC)C(=O)C1=NNc1cccc(S(=O)(=O)NCC(CC)CCCC)c1.CCCCC1=C(C#N)C(=O)C(CCCC)C(=O)C1=NNc1ccccc1S(=O)(=O)NCC(CC)CCCC. The van der Waals surface area contributed by atoms with Gasteiger partial charge in [0.05, 0.1) is 44.6 Å². The van der Waals surface area contributed by atoms with Gasteiger partial charge in [0.15, 0.2) is 34.7 Å². The molecule has 624 valence electrons. The minimum Gasteiger partial charge on any atom is -0.293 e. The van der Waals surface area contributed by atoms with E-state index in [1.165, 1.54) is 30.3 Å². The standard InChI is InChI=1S/3C29H42N4O4S/c1-5-9-14-21(8-4)20-31-38(36,37)26-18-13-12-17-25(26)32-33-27-22(15-10-6-2)24(19-30)28(34)23(29(27)35)16-11-7-3;1-5-9-13-21(8-4)20-31-38(36,37)23-15-12-14-22(18-23)32-33-27-24(16-10-6-2)26(19-30)28(34)25(29(27)35)17-11-7-3;1-5-9-12-21(8-4)20-31-38(36,37)23-17-15-22(16-18-23)32-33-27-24(13-10-6-2)26(19-30)28(34)25(29(27)35)14-11-7-3/h12-13,17-18,21,23,31-32H,5-11,14-16,20H2,1-4H3;12,14-15,18,21,25,31-32H,5-11,13,16-17,20H2,1-4H3;15-18,21,25,31-32H,5-14,20H2,1-4H3. The maximum atomic E-state index is 13.4. The van der Waals surface area contributed by atoms with Crippen LogP contribution in [0.3, 0.4) is 0 Å². The number of hydrogen-bond acceptors (Lipinski definition) is 21. The molecule has 0 spiro atoms. The monoisotopic (exact) mass is 1630 g/mol. The predicted octanol–water partition coefficient (Wildman–Crippen LogP) is 17.8. The number of sulfonamides is 3. The molecule has 6 rings (SSSR count). The lowest BCUT2D eigenvalue weighted by Crippen LogP contribution is -2.38. The van der Waals surface area contributed by atoms with Gasteiger partial charge in [-0.15, -0.1) is 0 Å². The number of unbranched alkanes of at least 4 members (excludes halogenated alkanes) is 9. The number of allylic oxidation sites excluding steroid dienone is 6. The number of para-hydroxylation sites is 1. The van der Waals surface area contributed by atoms with Crippen molar-refractivity contribution in [1.82, 2.24) is 14.2 Å². The zero-order chi connectivity index (χ0) is 84.4. The van der Waals surface area contributed by atoms with Crippen LogP contribution in [0.2, 0.25) is 0 Å². The molecule has 0 saturated heterocycles. The van der Waals surface area contributed by atoms with E-state index >= 15 is 0 Å². The van der Waals surface area contributed by atoms with E-state index in [1.807, 2.05) is 59.8 Å². The maximum Gasteiger partial charge on any atom is 0.242 e. The van der Waals surface area contributed by atoms with Gasteiger partial charge in [-0.3, -0.25) is 45.0 Å². The summed E-state index contributed by atoms with van der Waals surface area (Å²) in [4.78, 5) is 79.2. The lowest BCUT2D eigenvalue weighted by atomic mass is 9.77. The molecule has 6 atom stereocenters. The van der Waals surface area contributed by atoms with Gasteiger partial charge in [0.25, 0.3) is 0 Å². The number of nitrogens with one attached hydrogen (secondary N) is 6. The van der Waals surface area contributed by atoms with Gasteiger partial charge in [-0.05, 0) is 149 Å². The van der Waals surface area contributed by atoms with Crippen molar-refractivity contribution < 1.29 is 54.0 Å². The highest BCUT2D eigenvalue weighted by Crippen LogP contribution is 2.34. The predicted molar refractivity (Wildman–Crippen MR) is 454 cm³/mol. The van der Waals surface area contributed by atoms with Crippen molar-refractivity contribution in [2.24, 2.45) is 50.8 Å². The summed E-state index contributed by atoms with van der Waals surface area (Å²) in [7, 11) is -11.2. The molecule has 24 nitrogen and oxygen atoms in total. The lowest BCUT2D eigenvalue weighted by molar-refractivity contribution is -0.129. The van der Waals surface area contributed by atoms with Gasteiger partial charge in [0.1, 0.15) is 57.0 Å². The van der Waals surface area contributed by atoms with Crippen LogP contribution in [0.1, 0.15) is 276 Å². The Morgan fingerprint density at radius 1 is 0.360 bits per heavy atom. The molecule has 0 heterocycles. The van der Waals surface area contributed by atoms with Crippen LogP contribution in [0.15, 0.2) is 136 Å². The molecule has 3 aromatic carbocycles. The van der Waals surface area contributed by atoms with E-state index in [4.69, 9.17) is 0 Å². The molecule has 6 N–H and O–H groups in total. The van der Waals surface area contributed by atoms with Gasteiger partial charge in [0.2, 0.25) is 30.1 Å². The van der Waals surface area contributed by atoms with Gasteiger partial charge < -0.3 is 0 Å². The summed E-state index contributed by atoms with van der Waals surface area (Å²) < 4.78 is 86.1. The number of Topliss-reactive ketones (excluding diaryl/α,β-unsaturated/α-hetero) is 6. The number of carbonyl (C=O) groups is 6. The summed E-state index contributed by atoms with van der Waals surface area (Å²) in [5.74, 6) is -4.33. The largest absolute Gasteiger partial charge is 0.293 e. The second-order valence-corrected chi connectivity index (χ2v) is 34.8. The Hall–Kier alpha value is -8.49. The van der Waals surface area contributed by atoms with Crippen LogP contribution in [-0.4, -0.2) is 96.7 Å². The number of anilines is 3. The number of benzene rings is 3. The summed E-state index contributed by atoms with van der Waals surface area (Å²) in [6, 6.07) is 24.8. The summed E-state index contributed by atoms with van der Waals surface area (Å²) in [6.07, 6.45) is 23.4. The molecule has 0 saturated carbocycles. The zero-order valence-electron chi connectivity index (χ0n) is 69.5. The van der Waals surface area contributed by atoms with Gasteiger partial charge in [-0.25, -0.2) is 39.4 Å². The summed E-state index contributed by atoms with van der Waals surface area (Å²) in [6.45, 7) is 25.6. The molecule has 3 aromatic rings. The summed E-state index contributed by atoms with van der Waals surface area (Å²) in [5, 5.41) is 42.3.